The van der Waals surface area contributed by atoms with Gasteiger partial charge in [0.25, 0.3) is 0 Å². The summed E-state index contributed by atoms with van der Waals surface area (Å²) >= 11 is 1.72. The Balaban J connectivity index is 2.36. The number of hydrogen-bond donors (Lipinski definition) is 1. The van der Waals surface area contributed by atoms with Crippen LogP contribution in [0.1, 0.15) is 30.3 Å². The second-order valence-corrected chi connectivity index (χ2v) is 5.05. The fourth-order valence-electron chi connectivity index (χ4n) is 1.65. The molecule has 0 aliphatic heterocycles. The van der Waals surface area contributed by atoms with Crippen molar-refractivity contribution in [2.24, 2.45) is 5.73 Å². The van der Waals surface area contributed by atoms with Gasteiger partial charge in [-0.3, -0.25) is 4.90 Å². The van der Waals surface area contributed by atoms with Crippen LogP contribution in [0.15, 0.2) is 5.51 Å². The first-order valence-corrected chi connectivity index (χ1v) is 6.34. The Hall–Kier alpha value is -0.450. The van der Waals surface area contributed by atoms with Crippen molar-refractivity contribution in [2.75, 3.05) is 13.6 Å². The van der Waals surface area contributed by atoms with Crippen LogP contribution in [-0.4, -0.2) is 29.5 Å². The Kier molecular flexibility index (Phi) is 5.22. The van der Waals surface area contributed by atoms with Crippen molar-refractivity contribution in [3.63, 3.8) is 0 Å². The van der Waals surface area contributed by atoms with Crippen LogP contribution < -0.4 is 5.73 Å². The summed E-state index contributed by atoms with van der Waals surface area (Å²) in [5.41, 5.74) is 9.05. The van der Waals surface area contributed by atoms with E-state index < -0.39 is 0 Å². The quantitative estimate of drug-likeness (QED) is 0.808. The summed E-state index contributed by atoms with van der Waals surface area (Å²) in [5, 5.41) is 0. The van der Waals surface area contributed by atoms with E-state index >= 15 is 0 Å². The molecule has 4 heteroatoms. The van der Waals surface area contributed by atoms with Gasteiger partial charge in [-0.25, -0.2) is 4.98 Å². The maximum absolute atomic E-state index is 6.00. The first-order valence-electron chi connectivity index (χ1n) is 5.46. The number of nitrogens with two attached hydrogens (primary N) is 1. The molecule has 1 aromatic rings. The number of aryl methyl sites for hydroxylation is 1. The van der Waals surface area contributed by atoms with Gasteiger partial charge in [-0.15, -0.1) is 11.3 Å². The molecule has 1 atom stereocenters. The van der Waals surface area contributed by atoms with Gasteiger partial charge in [0.15, 0.2) is 0 Å². The molecule has 0 amide bonds. The predicted molar refractivity (Wildman–Crippen MR) is 66.1 cm³/mol. The molecule has 3 nitrogen and oxygen atoms in total. The van der Waals surface area contributed by atoms with Crippen LogP contribution in [0.2, 0.25) is 0 Å². The minimum atomic E-state index is 0.299. The summed E-state index contributed by atoms with van der Waals surface area (Å²) in [6.07, 6.45) is 2.26. The molecule has 0 radical (unpaired) electrons. The van der Waals surface area contributed by atoms with E-state index in [0.717, 1.165) is 31.6 Å². The average molecular weight is 227 g/mol. The lowest BCUT2D eigenvalue weighted by Gasteiger charge is -2.20. The van der Waals surface area contributed by atoms with Crippen molar-refractivity contribution in [3.8, 4) is 0 Å². The van der Waals surface area contributed by atoms with Crippen molar-refractivity contribution in [1.82, 2.24) is 9.88 Å². The van der Waals surface area contributed by atoms with Crippen molar-refractivity contribution >= 4 is 11.3 Å². The lowest BCUT2D eigenvalue weighted by molar-refractivity contribution is 0.298. The van der Waals surface area contributed by atoms with Crippen LogP contribution in [0.4, 0.5) is 0 Å². The van der Waals surface area contributed by atoms with Crippen molar-refractivity contribution in [2.45, 2.75) is 39.3 Å². The number of nitrogens with zero attached hydrogens (tertiary/aromatic N) is 2. The SMILES string of the molecule is CCCC(N)CN(C)Cc1scnc1C. The highest BCUT2D eigenvalue weighted by Gasteiger charge is 2.09. The molecule has 0 aliphatic rings. The molecule has 0 saturated carbocycles. The maximum atomic E-state index is 6.00. The zero-order valence-corrected chi connectivity index (χ0v) is 10.7. The Morgan fingerprint density at radius 1 is 1.60 bits per heavy atom. The van der Waals surface area contributed by atoms with Gasteiger partial charge in [0.2, 0.25) is 0 Å². The molecule has 1 heterocycles. The number of hydrogen-bond acceptors (Lipinski definition) is 4. The Labute approximate surface area is 96.3 Å². The van der Waals surface area contributed by atoms with Gasteiger partial charge in [-0.1, -0.05) is 13.3 Å². The van der Waals surface area contributed by atoms with Crippen LogP contribution in [0, 0.1) is 6.92 Å². The third kappa shape index (κ3) is 4.28. The summed E-state index contributed by atoms with van der Waals surface area (Å²) in [6, 6.07) is 0.299. The number of aromatic nitrogens is 1. The predicted octanol–water partition coefficient (Wildman–Crippen LogP) is 2.01. The van der Waals surface area contributed by atoms with Crippen LogP contribution in [0.5, 0.6) is 0 Å². The normalized spacial score (nSPS) is 13.4. The van der Waals surface area contributed by atoms with E-state index in [2.05, 4.69) is 30.8 Å². The van der Waals surface area contributed by atoms with Gasteiger partial charge >= 0.3 is 0 Å². The van der Waals surface area contributed by atoms with E-state index in [9.17, 15) is 0 Å². The van der Waals surface area contributed by atoms with Gasteiger partial charge in [0.1, 0.15) is 0 Å². The van der Waals surface area contributed by atoms with E-state index in [-0.39, 0.29) is 0 Å². The van der Waals surface area contributed by atoms with E-state index in [1.165, 1.54) is 4.88 Å². The molecule has 2 N–H and O–H groups in total. The van der Waals surface area contributed by atoms with E-state index in [1.54, 1.807) is 11.3 Å². The largest absolute Gasteiger partial charge is 0.327 e. The first kappa shape index (κ1) is 12.6. The zero-order chi connectivity index (χ0) is 11.3. The van der Waals surface area contributed by atoms with Crippen LogP contribution in [0.3, 0.4) is 0 Å². The Morgan fingerprint density at radius 3 is 2.87 bits per heavy atom. The first-order chi connectivity index (χ1) is 7.13. The Morgan fingerprint density at radius 2 is 2.33 bits per heavy atom. The molecular formula is C11H21N3S. The topological polar surface area (TPSA) is 42.1 Å². The number of thiazole rings is 1. The lowest BCUT2D eigenvalue weighted by atomic mass is 10.2. The fraction of sp³-hybridized carbons (Fsp3) is 0.727. The molecule has 0 fully saturated rings. The average Bonchev–Trinajstić information content (AvgIpc) is 2.52. The van der Waals surface area contributed by atoms with Crippen molar-refractivity contribution in [3.05, 3.63) is 16.1 Å². The number of rotatable bonds is 6. The standard InChI is InChI=1S/C11H21N3S/c1-4-5-10(12)6-14(3)7-11-9(2)13-8-15-11/h8,10H,4-7,12H2,1-3H3. The van der Waals surface area contributed by atoms with Gasteiger partial charge in [0.05, 0.1) is 11.2 Å². The highest BCUT2D eigenvalue weighted by molar-refractivity contribution is 7.09. The van der Waals surface area contributed by atoms with E-state index in [1.807, 2.05) is 5.51 Å². The van der Waals surface area contributed by atoms with Gasteiger partial charge in [0, 0.05) is 24.0 Å². The Bertz CT molecular complexity index is 285. The molecular weight excluding hydrogens is 206 g/mol. The molecule has 0 bridgehead atoms. The highest BCUT2D eigenvalue weighted by atomic mass is 32.1. The molecule has 0 saturated heterocycles. The van der Waals surface area contributed by atoms with Crippen molar-refractivity contribution in [1.29, 1.82) is 0 Å². The molecule has 86 valence electrons. The van der Waals surface area contributed by atoms with Crippen LogP contribution in [0.25, 0.3) is 0 Å². The monoisotopic (exact) mass is 227 g/mol. The highest BCUT2D eigenvalue weighted by Crippen LogP contribution is 2.14. The maximum Gasteiger partial charge on any atom is 0.0798 e. The van der Waals surface area contributed by atoms with Gasteiger partial charge < -0.3 is 5.73 Å². The summed E-state index contributed by atoms with van der Waals surface area (Å²) in [5.74, 6) is 0. The smallest absolute Gasteiger partial charge is 0.0798 e. The lowest BCUT2D eigenvalue weighted by Crippen LogP contribution is -2.34. The molecule has 0 aromatic carbocycles. The third-order valence-electron chi connectivity index (χ3n) is 2.46. The summed E-state index contributed by atoms with van der Waals surface area (Å²) in [4.78, 5) is 7.87. The van der Waals surface area contributed by atoms with Crippen molar-refractivity contribution < 1.29 is 0 Å². The zero-order valence-electron chi connectivity index (χ0n) is 9.86. The summed E-state index contributed by atoms with van der Waals surface area (Å²) in [7, 11) is 2.12. The van der Waals surface area contributed by atoms with Crippen LogP contribution >= 0.6 is 11.3 Å². The minimum Gasteiger partial charge on any atom is -0.327 e. The summed E-state index contributed by atoms with van der Waals surface area (Å²) in [6.45, 7) is 6.16. The summed E-state index contributed by atoms with van der Waals surface area (Å²) < 4.78 is 0. The van der Waals surface area contributed by atoms with Gasteiger partial charge in [-0.05, 0) is 20.4 Å². The van der Waals surface area contributed by atoms with E-state index in [4.69, 9.17) is 5.73 Å². The van der Waals surface area contributed by atoms with Crippen LogP contribution in [-0.2, 0) is 6.54 Å². The third-order valence-corrected chi connectivity index (χ3v) is 3.38. The second kappa shape index (κ2) is 6.20. The molecule has 1 aromatic heterocycles. The molecule has 0 spiro atoms. The van der Waals surface area contributed by atoms with Gasteiger partial charge in [-0.2, -0.15) is 0 Å². The fourth-order valence-corrected chi connectivity index (χ4v) is 2.51. The molecule has 0 aliphatic carbocycles. The number of likely N-dealkylation sites (N-methyl/N-ethyl adjacent to an activating group) is 1. The van der Waals surface area contributed by atoms with E-state index in [0.29, 0.717) is 6.04 Å². The minimum absolute atomic E-state index is 0.299. The molecule has 1 unspecified atom stereocenters. The molecule has 15 heavy (non-hydrogen) atoms. The second-order valence-electron chi connectivity index (χ2n) is 4.11. The molecule has 1 rings (SSSR count).